The number of carboxylic acids is 1. The van der Waals surface area contributed by atoms with Gasteiger partial charge in [-0.05, 0) is 18.8 Å². The number of hydrogen-bond donors (Lipinski definition) is 2. The molecule has 1 atom stereocenters. The van der Waals surface area contributed by atoms with E-state index in [0.29, 0.717) is 24.6 Å². The molecule has 2 N–H and O–H groups in total. The highest BCUT2D eigenvalue weighted by Crippen LogP contribution is 2.07. The summed E-state index contributed by atoms with van der Waals surface area (Å²) in [5.74, 6) is -0.0993. The number of carbonyl (C=O) groups is 2. The SMILES string of the molecule is CCCc1noc(CCC(=O)N[C@H](CC(C)C)C(=O)O)n1. The number of rotatable bonds is 9. The molecule has 0 aliphatic rings. The fourth-order valence-electron chi connectivity index (χ4n) is 1.90. The fraction of sp³-hybridized carbons (Fsp3) is 0.714. The standard InChI is InChI=1S/C14H23N3O4/c1-4-5-11-16-13(21-17-11)7-6-12(18)15-10(14(19)20)8-9(2)3/h9-10H,4-8H2,1-3H3,(H,15,18)(H,19,20)/t10-/m1/s1. The van der Waals surface area contributed by atoms with E-state index in [1.165, 1.54) is 0 Å². The predicted octanol–water partition coefficient (Wildman–Crippen LogP) is 1.57. The van der Waals surface area contributed by atoms with Gasteiger partial charge in [-0.2, -0.15) is 4.98 Å². The second-order valence-corrected chi connectivity index (χ2v) is 5.44. The maximum atomic E-state index is 11.8. The average molecular weight is 297 g/mol. The van der Waals surface area contributed by atoms with E-state index in [0.717, 1.165) is 12.8 Å². The lowest BCUT2D eigenvalue weighted by molar-refractivity contribution is -0.142. The number of hydrogen-bond acceptors (Lipinski definition) is 5. The van der Waals surface area contributed by atoms with Crippen LogP contribution in [0.5, 0.6) is 0 Å². The van der Waals surface area contributed by atoms with Crippen molar-refractivity contribution in [3.8, 4) is 0 Å². The maximum Gasteiger partial charge on any atom is 0.326 e. The Morgan fingerprint density at radius 3 is 2.62 bits per heavy atom. The number of carboxylic acid groups (broad SMARTS) is 1. The summed E-state index contributed by atoms with van der Waals surface area (Å²) in [6, 6.07) is -0.851. The molecule has 0 aliphatic carbocycles. The van der Waals surface area contributed by atoms with E-state index in [1.807, 2.05) is 20.8 Å². The first kappa shape index (κ1) is 17.1. The molecule has 0 spiro atoms. The molecule has 1 aromatic heterocycles. The zero-order valence-corrected chi connectivity index (χ0v) is 12.8. The summed E-state index contributed by atoms with van der Waals surface area (Å²) >= 11 is 0. The van der Waals surface area contributed by atoms with Gasteiger partial charge in [0.05, 0.1) is 0 Å². The average Bonchev–Trinajstić information content (AvgIpc) is 2.83. The van der Waals surface area contributed by atoms with Gasteiger partial charge in [-0.25, -0.2) is 4.79 Å². The maximum absolute atomic E-state index is 11.8. The van der Waals surface area contributed by atoms with Gasteiger partial charge < -0.3 is 14.9 Å². The van der Waals surface area contributed by atoms with Crippen LogP contribution in [0.3, 0.4) is 0 Å². The Hall–Kier alpha value is -1.92. The van der Waals surface area contributed by atoms with Crippen LogP contribution in [0.2, 0.25) is 0 Å². The lowest BCUT2D eigenvalue weighted by Crippen LogP contribution is -2.41. The highest BCUT2D eigenvalue weighted by atomic mass is 16.5. The first-order valence-electron chi connectivity index (χ1n) is 7.26. The number of amides is 1. The number of nitrogens with zero attached hydrogens (tertiary/aromatic N) is 2. The van der Waals surface area contributed by atoms with Gasteiger partial charge in [0, 0.05) is 19.3 Å². The summed E-state index contributed by atoms with van der Waals surface area (Å²) in [4.78, 5) is 27.0. The quantitative estimate of drug-likeness (QED) is 0.716. The highest BCUT2D eigenvalue weighted by molar-refractivity contribution is 5.83. The number of nitrogens with one attached hydrogen (secondary N) is 1. The molecule has 0 aliphatic heterocycles. The first-order valence-corrected chi connectivity index (χ1v) is 7.26. The molecular weight excluding hydrogens is 274 g/mol. The molecular formula is C14H23N3O4. The Bertz CT molecular complexity index is 471. The van der Waals surface area contributed by atoms with Crippen LogP contribution in [0.1, 0.15) is 51.7 Å². The van der Waals surface area contributed by atoms with Crippen LogP contribution in [0.15, 0.2) is 4.52 Å². The van der Waals surface area contributed by atoms with Crippen molar-refractivity contribution in [1.82, 2.24) is 15.5 Å². The van der Waals surface area contributed by atoms with Crippen molar-refractivity contribution in [1.29, 1.82) is 0 Å². The van der Waals surface area contributed by atoms with Crippen LogP contribution >= 0.6 is 0 Å². The predicted molar refractivity (Wildman–Crippen MR) is 75.6 cm³/mol. The molecule has 21 heavy (non-hydrogen) atoms. The second kappa shape index (κ2) is 8.39. The van der Waals surface area contributed by atoms with Crippen molar-refractivity contribution in [2.75, 3.05) is 0 Å². The summed E-state index contributed by atoms with van der Waals surface area (Å²) in [6.45, 7) is 5.84. The Labute approximate surface area is 124 Å². The summed E-state index contributed by atoms with van der Waals surface area (Å²) in [7, 11) is 0. The van der Waals surface area contributed by atoms with Gasteiger partial charge in [-0.1, -0.05) is 25.9 Å². The van der Waals surface area contributed by atoms with E-state index >= 15 is 0 Å². The van der Waals surface area contributed by atoms with Crippen molar-refractivity contribution in [3.05, 3.63) is 11.7 Å². The molecule has 1 amide bonds. The van der Waals surface area contributed by atoms with Crippen molar-refractivity contribution in [2.24, 2.45) is 5.92 Å². The fourth-order valence-corrected chi connectivity index (χ4v) is 1.90. The van der Waals surface area contributed by atoms with E-state index in [1.54, 1.807) is 0 Å². The topological polar surface area (TPSA) is 105 Å². The van der Waals surface area contributed by atoms with Crippen molar-refractivity contribution in [2.45, 2.75) is 58.9 Å². The number of aliphatic carboxylic acids is 1. The van der Waals surface area contributed by atoms with E-state index in [-0.39, 0.29) is 18.2 Å². The largest absolute Gasteiger partial charge is 0.480 e. The van der Waals surface area contributed by atoms with Gasteiger partial charge >= 0.3 is 5.97 Å². The monoisotopic (exact) mass is 297 g/mol. The molecule has 1 rings (SSSR count). The molecule has 7 nitrogen and oxygen atoms in total. The summed E-state index contributed by atoms with van der Waals surface area (Å²) in [5, 5.41) is 15.4. The van der Waals surface area contributed by atoms with Crippen LogP contribution in [0, 0.1) is 5.92 Å². The van der Waals surface area contributed by atoms with Crippen molar-refractivity contribution in [3.63, 3.8) is 0 Å². The molecule has 0 fully saturated rings. The van der Waals surface area contributed by atoms with Gasteiger partial charge in [0.2, 0.25) is 11.8 Å². The zero-order valence-electron chi connectivity index (χ0n) is 12.8. The van der Waals surface area contributed by atoms with Crippen LogP contribution in [0.25, 0.3) is 0 Å². The summed E-state index contributed by atoms with van der Waals surface area (Å²) in [6.07, 6.45) is 2.52. The minimum absolute atomic E-state index is 0.135. The van der Waals surface area contributed by atoms with Gasteiger partial charge in [0.1, 0.15) is 6.04 Å². The van der Waals surface area contributed by atoms with Gasteiger partial charge in [0.25, 0.3) is 0 Å². The normalized spacial score (nSPS) is 12.4. The molecule has 0 bridgehead atoms. The van der Waals surface area contributed by atoms with Crippen LogP contribution < -0.4 is 5.32 Å². The van der Waals surface area contributed by atoms with Crippen molar-refractivity contribution >= 4 is 11.9 Å². The minimum atomic E-state index is -1.01. The smallest absolute Gasteiger partial charge is 0.326 e. The van der Waals surface area contributed by atoms with Gasteiger partial charge in [-0.3, -0.25) is 4.79 Å². The molecule has 0 saturated carbocycles. The van der Waals surface area contributed by atoms with Crippen LogP contribution in [0.4, 0.5) is 0 Å². The summed E-state index contributed by atoms with van der Waals surface area (Å²) < 4.78 is 5.03. The van der Waals surface area contributed by atoms with Gasteiger partial charge in [0.15, 0.2) is 5.82 Å². The number of aromatic nitrogens is 2. The highest BCUT2D eigenvalue weighted by Gasteiger charge is 2.21. The number of aryl methyl sites for hydroxylation is 2. The Morgan fingerprint density at radius 1 is 1.33 bits per heavy atom. The zero-order chi connectivity index (χ0) is 15.8. The second-order valence-electron chi connectivity index (χ2n) is 5.44. The third-order valence-corrected chi connectivity index (χ3v) is 2.89. The third-order valence-electron chi connectivity index (χ3n) is 2.89. The Kier molecular flexibility index (Phi) is 6.84. The first-order chi connectivity index (χ1) is 9.92. The Morgan fingerprint density at radius 2 is 2.05 bits per heavy atom. The Balaban J connectivity index is 2.42. The molecule has 0 radical (unpaired) electrons. The number of carbonyl (C=O) groups excluding carboxylic acids is 1. The molecule has 0 saturated heterocycles. The molecule has 0 aromatic carbocycles. The molecule has 0 unspecified atom stereocenters. The van der Waals surface area contributed by atoms with Crippen molar-refractivity contribution < 1.29 is 19.2 Å². The van der Waals surface area contributed by atoms with Gasteiger partial charge in [-0.15, -0.1) is 0 Å². The van der Waals surface area contributed by atoms with E-state index in [9.17, 15) is 9.59 Å². The van der Waals surface area contributed by atoms with E-state index in [2.05, 4.69) is 15.5 Å². The lowest BCUT2D eigenvalue weighted by atomic mass is 10.0. The molecule has 1 heterocycles. The van der Waals surface area contributed by atoms with E-state index < -0.39 is 12.0 Å². The molecule has 1 aromatic rings. The van der Waals surface area contributed by atoms with Crippen LogP contribution in [-0.2, 0) is 22.4 Å². The van der Waals surface area contributed by atoms with Crippen LogP contribution in [-0.4, -0.2) is 33.2 Å². The molecule has 7 heteroatoms. The minimum Gasteiger partial charge on any atom is -0.480 e. The lowest BCUT2D eigenvalue weighted by Gasteiger charge is -2.16. The molecule has 118 valence electrons. The van der Waals surface area contributed by atoms with E-state index in [4.69, 9.17) is 9.63 Å². The third kappa shape index (κ3) is 6.37. The summed E-state index contributed by atoms with van der Waals surface area (Å²) in [5.41, 5.74) is 0.